The fourth-order valence-corrected chi connectivity index (χ4v) is 2.82. The van der Waals surface area contributed by atoms with E-state index in [0.717, 1.165) is 16.8 Å². The van der Waals surface area contributed by atoms with E-state index in [1.54, 1.807) is 37.3 Å². The van der Waals surface area contributed by atoms with E-state index >= 15 is 0 Å². The molecule has 1 heterocycles. The first-order valence-electron chi connectivity index (χ1n) is 9.05. The molecule has 2 N–H and O–H groups in total. The Bertz CT molecular complexity index is 1060. The van der Waals surface area contributed by atoms with Gasteiger partial charge in [-0.25, -0.2) is 14.8 Å². The van der Waals surface area contributed by atoms with Gasteiger partial charge in [0.15, 0.2) is 0 Å². The normalized spacial score (nSPS) is 10.3. The lowest BCUT2D eigenvalue weighted by Gasteiger charge is -2.11. The number of rotatable bonds is 5. The quantitative estimate of drug-likeness (QED) is 0.635. The molecule has 0 bridgehead atoms. The van der Waals surface area contributed by atoms with Crippen molar-refractivity contribution in [1.29, 1.82) is 0 Å². The van der Waals surface area contributed by atoms with Crippen LogP contribution in [-0.2, 0) is 4.74 Å². The fraction of sp³-hybridized carbons (Fsp3) is 0.182. The zero-order valence-corrected chi connectivity index (χ0v) is 16.7. The molecule has 0 saturated carbocycles. The summed E-state index contributed by atoms with van der Waals surface area (Å²) >= 11 is 0. The third-order valence-corrected chi connectivity index (χ3v) is 4.28. The molecule has 0 saturated heterocycles. The van der Waals surface area contributed by atoms with Gasteiger partial charge in [-0.05, 0) is 62.7 Å². The Morgan fingerprint density at radius 3 is 2.31 bits per heavy atom. The van der Waals surface area contributed by atoms with Crippen molar-refractivity contribution >= 4 is 29.2 Å². The van der Waals surface area contributed by atoms with Gasteiger partial charge in [0.25, 0.3) is 5.91 Å². The molecule has 7 heteroatoms. The first-order chi connectivity index (χ1) is 13.9. The molecule has 3 aromatic rings. The molecule has 0 aliphatic carbocycles. The topological polar surface area (TPSA) is 93.2 Å². The molecule has 3 rings (SSSR count). The molecule has 0 radical (unpaired) electrons. The van der Waals surface area contributed by atoms with Crippen molar-refractivity contribution in [2.45, 2.75) is 20.8 Å². The second kappa shape index (κ2) is 8.52. The summed E-state index contributed by atoms with van der Waals surface area (Å²) in [5, 5.41) is 5.94. The Kier molecular flexibility index (Phi) is 5.87. The summed E-state index contributed by atoms with van der Waals surface area (Å²) in [7, 11) is 1.32. The lowest BCUT2D eigenvalue weighted by atomic mass is 10.1. The summed E-state index contributed by atoms with van der Waals surface area (Å²) in [4.78, 5) is 32.8. The van der Waals surface area contributed by atoms with Gasteiger partial charge in [-0.15, -0.1) is 0 Å². The molecule has 2 aromatic carbocycles. The van der Waals surface area contributed by atoms with E-state index in [1.165, 1.54) is 7.11 Å². The van der Waals surface area contributed by atoms with Crippen LogP contribution in [0.3, 0.4) is 0 Å². The number of esters is 1. The maximum absolute atomic E-state index is 12.6. The Hall–Kier alpha value is -3.74. The third kappa shape index (κ3) is 4.95. The predicted molar refractivity (Wildman–Crippen MR) is 112 cm³/mol. The number of carbonyl (C=O) groups excluding carboxylic acids is 2. The van der Waals surface area contributed by atoms with Crippen LogP contribution in [0.2, 0.25) is 0 Å². The monoisotopic (exact) mass is 390 g/mol. The Morgan fingerprint density at radius 1 is 0.931 bits per heavy atom. The highest BCUT2D eigenvalue weighted by Crippen LogP contribution is 2.20. The minimum Gasteiger partial charge on any atom is -0.465 e. The van der Waals surface area contributed by atoms with Crippen molar-refractivity contribution in [2.75, 3.05) is 17.7 Å². The van der Waals surface area contributed by atoms with Crippen molar-refractivity contribution < 1.29 is 14.3 Å². The van der Waals surface area contributed by atoms with Gasteiger partial charge in [0, 0.05) is 17.1 Å². The van der Waals surface area contributed by atoms with Crippen molar-refractivity contribution in [3.63, 3.8) is 0 Å². The first-order valence-corrected chi connectivity index (χ1v) is 9.05. The number of hydrogen-bond acceptors (Lipinski definition) is 6. The van der Waals surface area contributed by atoms with Crippen molar-refractivity contribution in [3.05, 3.63) is 76.6 Å². The van der Waals surface area contributed by atoms with Crippen LogP contribution in [0.15, 0.2) is 48.5 Å². The van der Waals surface area contributed by atoms with E-state index in [9.17, 15) is 9.59 Å². The molecule has 148 valence electrons. The molecule has 0 unspecified atom stereocenters. The zero-order chi connectivity index (χ0) is 21.0. The van der Waals surface area contributed by atoms with E-state index in [1.807, 2.05) is 26.0 Å². The molecule has 1 aromatic heterocycles. The predicted octanol–water partition coefficient (Wildman–Crippen LogP) is 4.18. The highest BCUT2D eigenvalue weighted by atomic mass is 16.5. The first kappa shape index (κ1) is 20.0. The number of ether oxygens (including phenoxy) is 1. The average Bonchev–Trinajstić information content (AvgIpc) is 2.69. The molecule has 1 amide bonds. The lowest BCUT2D eigenvalue weighted by molar-refractivity contribution is 0.0600. The van der Waals surface area contributed by atoms with Crippen LogP contribution < -0.4 is 10.6 Å². The summed E-state index contributed by atoms with van der Waals surface area (Å²) in [5.74, 6) is -0.454. The van der Waals surface area contributed by atoms with E-state index in [-0.39, 0.29) is 11.6 Å². The van der Waals surface area contributed by atoms with Crippen LogP contribution in [0.5, 0.6) is 0 Å². The molecule has 29 heavy (non-hydrogen) atoms. The number of nitrogens with one attached hydrogen (secondary N) is 2. The Balaban J connectivity index is 1.78. The van der Waals surface area contributed by atoms with Gasteiger partial charge >= 0.3 is 5.97 Å². The fourth-order valence-electron chi connectivity index (χ4n) is 2.82. The Morgan fingerprint density at radius 2 is 1.66 bits per heavy atom. The van der Waals surface area contributed by atoms with Gasteiger partial charge in [0.1, 0.15) is 5.69 Å². The number of methoxy groups -OCH3 is 1. The second-order valence-electron chi connectivity index (χ2n) is 6.68. The summed E-state index contributed by atoms with van der Waals surface area (Å²) in [6, 6.07) is 14.1. The van der Waals surface area contributed by atoms with Gasteiger partial charge < -0.3 is 15.4 Å². The van der Waals surface area contributed by atoms with E-state index in [0.29, 0.717) is 22.9 Å². The highest BCUT2D eigenvalue weighted by molar-refractivity contribution is 6.03. The van der Waals surface area contributed by atoms with Gasteiger partial charge in [-0.1, -0.05) is 17.7 Å². The molecule has 7 nitrogen and oxygen atoms in total. The third-order valence-electron chi connectivity index (χ3n) is 4.28. The number of anilines is 3. The van der Waals surface area contributed by atoms with Gasteiger partial charge in [0.05, 0.1) is 12.7 Å². The van der Waals surface area contributed by atoms with Crippen molar-refractivity contribution in [3.8, 4) is 0 Å². The number of benzene rings is 2. The minimum atomic E-state index is -0.434. The Labute approximate surface area is 169 Å². The zero-order valence-electron chi connectivity index (χ0n) is 16.7. The molecular formula is C22H22N4O3. The molecule has 0 atom stereocenters. The maximum atomic E-state index is 12.6. The van der Waals surface area contributed by atoms with E-state index < -0.39 is 5.97 Å². The van der Waals surface area contributed by atoms with Gasteiger partial charge in [0.2, 0.25) is 5.95 Å². The summed E-state index contributed by atoms with van der Waals surface area (Å²) in [6.45, 7) is 5.83. The summed E-state index contributed by atoms with van der Waals surface area (Å²) < 4.78 is 4.67. The van der Waals surface area contributed by atoms with Crippen LogP contribution in [-0.4, -0.2) is 29.0 Å². The van der Waals surface area contributed by atoms with Crippen LogP contribution in [0.4, 0.5) is 17.3 Å². The minimum absolute atomic E-state index is 0.238. The highest BCUT2D eigenvalue weighted by Gasteiger charge is 2.13. The van der Waals surface area contributed by atoms with Crippen LogP contribution in [0.25, 0.3) is 0 Å². The summed E-state index contributed by atoms with van der Waals surface area (Å²) in [5.41, 5.74) is 4.96. The second-order valence-corrected chi connectivity index (χ2v) is 6.68. The molecular weight excluding hydrogens is 368 g/mol. The summed E-state index contributed by atoms with van der Waals surface area (Å²) in [6.07, 6.45) is 0. The largest absolute Gasteiger partial charge is 0.465 e. The average molecular weight is 390 g/mol. The number of amides is 1. The molecule has 0 fully saturated rings. The van der Waals surface area contributed by atoms with Crippen LogP contribution >= 0.6 is 0 Å². The SMILES string of the molecule is COC(=O)c1ccc(NC(=O)c2cc(C)nc(Nc3ccc(C)cc3C)n2)cc1. The maximum Gasteiger partial charge on any atom is 0.337 e. The van der Waals surface area contributed by atoms with Crippen LogP contribution in [0, 0.1) is 20.8 Å². The lowest BCUT2D eigenvalue weighted by Crippen LogP contribution is -2.15. The van der Waals surface area contributed by atoms with Crippen molar-refractivity contribution in [1.82, 2.24) is 9.97 Å². The number of hydrogen-bond donors (Lipinski definition) is 2. The molecule has 0 aliphatic heterocycles. The number of carbonyl (C=O) groups is 2. The van der Waals surface area contributed by atoms with Gasteiger partial charge in [-0.3, -0.25) is 4.79 Å². The smallest absolute Gasteiger partial charge is 0.337 e. The van der Waals surface area contributed by atoms with E-state index in [4.69, 9.17) is 0 Å². The molecule has 0 aliphatic rings. The van der Waals surface area contributed by atoms with Crippen molar-refractivity contribution in [2.24, 2.45) is 0 Å². The van der Waals surface area contributed by atoms with Crippen LogP contribution in [0.1, 0.15) is 37.7 Å². The molecule has 0 spiro atoms. The number of aromatic nitrogens is 2. The number of aryl methyl sites for hydroxylation is 3. The number of nitrogens with zero attached hydrogens (tertiary/aromatic N) is 2. The standard InChI is InChI=1S/C22H22N4O3/c1-13-5-10-18(14(2)11-13)25-22-23-15(3)12-19(26-22)20(27)24-17-8-6-16(7-9-17)21(28)29-4/h5-12H,1-4H3,(H,24,27)(H,23,25,26). The van der Waals surface area contributed by atoms with E-state index in [2.05, 4.69) is 31.4 Å². The van der Waals surface area contributed by atoms with Gasteiger partial charge in [-0.2, -0.15) is 0 Å².